The van der Waals surface area contributed by atoms with Crippen molar-refractivity contribution in [2.24, 2.45) is 0 Å². The van der Waals surface area contributed by atoms with E-state index in [4.69, 9.17) is 0 Å². The molecule has 2 aromatic heterocycles. The molecule has 212 valence electrons. The quantitative estimate of drug-likeness (QED) is 0.188. The Hall–Kier alpha value is -5.22. The lowest BCUT2D eigenvalue weighted by atomic mass is 10.00. The molecule has 0 radical (unpaired) electrons. The summed E-state index contributed by atoms with van der Waals surface area (Å²) < 4.78 is 5.32. The van der Waals surface area contributed by atoms with Crippen molar-refractivity contribution >= 4 is 80.1 Å². The minimum absolute atomic E-state index is 1.13. The van der Waals surface area contributed by atoms with Crippen LogP contribution in [-0.2, 0) is 0 Å². The Bertz CT molecular complexity index is 2470. The Morgan fingerprint density at radius 2 is 0.978 bits per heavy atom. The van der Waals surface area contributed by atoms with Crippen molar-refractivity contribution < 1.29 is 0 Å². The SMILES string of the molecule is c1ccc(-c2ccc(N(c3ccccc3-c3ccccc3)c3cccc4sc5ccc6c7ccccc7sc6c5c34)cc2)cc1. The molecule has 0 saturated carbocycles. The van der Waals surface area contributed by atoms with Crippen LogP contribution in [0.3, 0.4) is 0 Å². The van der Waals surface area contributed by atoms with Gasteiger partial charge in [0.1, 0.15) is 0 Å². The van der Waals surface area contributed by atoms with E-state index in [1.165, 1.54) is 68.3 Å². The fraction of sp³-hybridized carbons (Fsp3) is 0. The third-order valence-electron chi connectivity index (χ3n) is 8.69. The highest BCUT2D eigenvalue weighted by atomic mass is 32.1. The predicted molar refractivity (Wildman–Crippen MR) is 198 cm³/mol. The van der Waals surface area contributed by atoms with E-state index in [0.29, 0.717) is 0 Å². The number of fused-ring (bicyclic) bond motifs is 7. The van der Waals surface area contributed by atoms with Crippen LogP contribution < -0.4 is 4.90 Å². The monoisotopic (exact) mass is 609 g/mol. The van der Waals surface area contributed by atoms with Gasteiger partial charge in [0.05, 0.1) is 11.4 Å². The number of para-hydroxylation sites is 1. The van der Waals surface area contributed by atoms with Crippen molar-refractivity contribution in [3.63, 3.8) is 0 Å². The van der Waals surface area contributed by atoms with Crippen LogP contribution in [0.15, 0.2) is 164 Å². The summed E-state index contributed by atoms with van der Waals surface area (Å²) in [6.07, 6.45) is 0. The second kappa shape index (κ2) is 10.7. The molecule has 2 heterocycles. The average Bonchev–Trinajstić information content (AvgIpc) is 3.69. The fourth-order valence-electron chi connectivity index (χ4n) is 6.63. The van der Waals surface area contributed by atoms with Crippen LogP contribution in [-0.4, -0.2) is 0 Å². The van der Waals surface area contributed by atoms with E-state index >= 15 is 0 Å². The second-order valence-electron chi connectivity index (χ2n) is 11.3. The lowest BCUT2D eigenvalue weighted by Crippen LogP contribution is -2.11. The smallest absolute Gasteiger partial charge is 0.0555 e. The maximum Gasteiger partial charge on any atom is 0.0555 e. The molecule has 0 fully saturated rings. The molecule has 0 aliphatic carbocycles. The van der Waals surface area contributed by atoms with Gasteiger partial charge >= 0.3 is 0 Å². The van der Waals surface area contributed by atoms with Crippen LogP contribution in [0.1, 0.15) is 0 Å². The number of thiophene rings is 2. The molecule has 0 unspecified atom stereocenters. The first-order valence-electron chi connectivity index (χ1n) is 15.2. The number of anilines is 3. The first-order chi connectivity index (χ1) is 22.3. The first-order valence-corrected chi connectivity index (χ1v) is 16.8. The van der Waals surface area contributed by atoms with Gasteiger partial charge in [-0.05, 0) is 59.2 Å². The Balaban J connectivity index is 1.35. The van der Waals surface area contributed by atoms with Gasteiger partial charge in [-0.3, -0.25) is 0 Å². The average molecular weight is 610 g/mol. The molecule has 7 aromatic carbocycles. The standard InChI is InChI=1S/C42H27NS2/c1-3-12-28(13-4-1)29-22-24-31(25-23-29)43(35-18-9-7-16-32(35)30-14-5-2-6-15-30)36-19-11-21-38-40(36)41-39(44-38)27-26-34-33-17-8-10-20-37(33)45-42(34)41/h1-27H. The summed E-state index contributed by atoms with van der Waals surface area (Å²) in [4.78, 5) is 2.47. The lowest BCUT2D eigenvalue weighted by molar-refractivity contribution is 1.30. The molecule has 0 aliphatic heterocycles. The molecule has 0 atom stereocenters. The number of rotatable bonds is 5. The van der Waals surface area contributed by atoms with Crippen LogP contribution in [0.25, 0.3) is 62.6 Å². The highest BCUT2D eigenvalue weighted by molar-refractivity contribution is 7.29. The van der Waals surface area contributed by atoms with E-state index in [-0.39, 0.29) is 0 Å². The number of hydrogen-bond donors (Lipinski definition) is 0. The van der Waals surface area contributed by atoms with Gasteiger partial charge in [-0.2, -0.15) is 0 Å². The van der Waals surface area contributed by atoms with Gasteiger partial charge in [-0.25, -0.2) is 0 Å². The molecule has 0 N–H and O–H groups in total. The molecule has 0 aliphatic rings. The summed E-state index contributed by atoms with van der Waals surface area (Å²) >= 11 is 3.80. The summed E-state index contributed by atoms with van der Waals surface area (Å²) in [5.41, 5.74) is 8.32. The topological polar surface area (TPSA) is 3.24 Å². The minimum Gasteiger partial charge on any atom is -0.309 e. The van der Waals surface area contributed by atoms with E-state index in [2.05, 4.69) is 169 Å². The summed E-state index contributed by atoms with van der Waals surface area (Å²) in [5.74, 6) is 0. The summed E-state index contributed by atoms with van der Waals surface area (Å²) in [6.45, 7) is 0. The molecule has 0 saturated heterocycles. The van der Waals surface area contributed by atoms with Gasteiger partial charge in [0.15, 0.2) is 0 Å². The number of benzene rings is 7. The molecule has 45 heavy (non-hydrogen) atoms. The van der Waals surface area contributed by atoms with Crippen LogP contribution in [0.2, 0.25) is 0 Å². The van der Waals surface area contributed by atoms with E-state index in [0.717, 1.165) is 11.4 Å². The van der Waals surface area contributed by atoms with Crippen LogP contribution in [0, 0.1) is 0 Å². The summed E-state index contributed by atoms with van der Waals surface area (Å²) in [6, 6.07) is 59.4. The highest BCUT2D eigenvalue weighted by Gasteiger charge is 2.22. The zero-order valence-corrected chi connectivity index (χ0v) is 26.0. The largest absolute Gasteiger partial charge is 0.309 e. The van der Waals surface area contributed by atoms with Crippen molar-refractivity contribution in [2.45, 2.75) is 0 Å². The molecule has 0 spiro atoms. The lowest BCUT2D eigenvalue weighted by Gasteiger charge is -2.29. The third kappa shape index (κ3) is 4.35. The Labute approximate surface area is 269 Å². The van der Waals surface area contributed by atoms with Crippen LogP contribution in [0.5, 0.6) is 0 Å². The van der Waals surface area contributed by atoms with Crippen molar-refractivity contribution in [1.29, 1.82) is 0 Å². The van der Waals surface area contributed by atoms with Crippen molar-refractivity contribution in [1.82, 2.24) is 0 Å². The van der Waals surface area contributed by atoms with Crippen LogP contribution in [0.4, 0.5) is 17.1 Å². The van der Waals surface area contributed by atoms with Gasteiger partial charge in [0.25, 0.3) is 0 Å². The van der Waals surface area contributed by atoms with Gasteiger partial charge in [-0.15, -0.1) is 22.7 Å². The zero-order valence-electron chi connectivity index (χ0n) is 24.4. The molecular formula is C42H27NS2. The molecule has 0 bridgehead atoms. The van der Waals surface area contributed by atoms with E-state index in [1.54, 1.807) is 0 Å². The molecule has 1 nitrogen and oxygen atoms in total. The van der Waals surface area contributed by atoms with E-state index in [9.17, 15) is 0 Å². The normalized spacial score (nSPS) is 11.6. The molecule has 0 amide bonds. The van der Waals surface area contributed by atoms with Crippen molar-refractivity contribution in [2.75, 3.05) is 4.90 Å². The molecule has 3 heteroatoms. The second-order valence-corrected chi connectivity index (χ2v) is 13.4. The highest BCUT2D eigenvalue weighted by Crippen LogP contribution is 2.50. The third-order valence-corrected chi connectivity index (χ3v) is 11.0. The maximum absolute atomic E-state index is 2.47. The van der Waals surface area contributed by atoms with Gasteiger partial charge in [-0.1, -0.05) is 121 Å². The Morgan fingerprint density at radius 1 is 0.356 bits per heavy atom. The van der Waals surface area contributed by atoms with E-state index < -0.39 is 0 Å². The fourth-order valence-corrected chi connectivity index (χ4v) is 9.08. The van der Waals surface area contributed by atoms with Gasteiger partial charge < -0.3 is 4.90 Å². The minimum atomic E-state index is 1.13. The summed E-state index contributed by atoms with van der Waals surface area (Å²) in [5, 5.41) is 5.33. The van der Waals surface area contributed by atoms with Crippen LogP contribution >= 0.6 is 22.7 Å². The summed E-state index contributed by atoms with van der Waals surface area (Å²) in [7, 11) is 0. The predicted octanol–water partition coefficient (Wildman–Crippen LogP) is 13.2. The molecular weight excluding hydrogens is 583 g/mol. The van der Waals surface area contributed by atoms with Crippen molar-refractivity contribution in [3.05, 3.63) is 164 Å². The number of hydrogen-bond acceptors (Lipinski definition) is 3. The Kier molecular flexibility index (Phi) is 6.26. The van der Waals surface area contributed by atoms with Gasteiger partial charge in [0, 0.05) is 51.6 Å². The zero-order chi connectivity index (χ0) is 29.7. The molecule has 9 aromatic rings. The van der Waals surface area contributed by atoms with E-state index in [1.807, 2.05) is 22.7 Å². The van der Waals surface area contributed by atoms with Gasteiger partial charge in [0.2, 0.25) is 0 Å². The number of nitrogens with zero attached hydrogens (tertiary/aromatic N) is 1. The Morgan fingerprint density at radius 3 is 1.80 bits per heavy atom. The maximum atomic E-state index is 2.47. The molecule has 9 rings (SSSR count). The first kappa shape index (κ1) is 26.2. The van der Waals surface area contributed by atoms with Crippen molar-refractivity contribution in [3.8, 4) is 22.3 Å².